The molecule has 0 spiro atoms. The highest BCUT2D eigenvalue weighted by molar-refractivity contribution is 9.10. The van der Waals surface area contributed by atoms with Gasteiger partial charge in [-0.3, -0.25) is 14.9 Å². The van der Waals surface area contributed by atoms with E-state index in [-0.39, 0.29) is 12.5 Å². The molecule has 1 aromatic rings. The third-order valence-corrected chi connectivity index (χ3v) is 2.84. The number of benzene rings is 1. The molecule has 5 nitrogen and oxygen atoms in total. The Hall–Kier alpha value is -1.40. The van der Waals surface area contributed by atoms with Crippen LogP contribution in [0.25, 0.3) is 0 Å². The number of nitrogens with one attached hydrogen (secondary N) is 2. The first-order valence-corrected chi connectivity index (χ1v) is 5.87. The summed E-state index contributed by atoms with van der Waals surface area (Å²) in [4.78, 5) is 22.3. The molecule has 1 rings (SSSR count). The number of nitrogens with two attached hydrogens (primary N) is 1. The highest BCUT2D eigenvalue weighted by Crippen LogP contribution is 2.20. The van der Waals surface area contributed by atoms with Crippen LogP contribution in [0.1, 0.15) is 6.92 Å². The standard InChI is InChI=1S/C11H14BrN3O2/c1-7(11(13)17)14-6-10(16)15-9-5-3-2-4-8(9)12/h2-5,7,14H,6H2,1H3,(H2,13,17)(H,15,16). The van der Waals surface area contributed by atoms with E-state index in [1.165, 1.54) is 0 Å². The van der Waals surface area contributed by atoms with E-state index in [9.17, 15) is 9.59 Å². The minimum atomic E-state index is -0.528. The van der Waals surface area contributed by atoms with Crippen molar-refractivity contribution in [1.29, 1.82) is 0 Å². The maximum absolute atomic E-state index is 11.5. The number of amides is 2. The Morgan fingerprint density at radius 1 is 1.41 bits per heavy atom. The van der Waals surface area contributed by atoms with Crippen molar-refractivity contribution in [2.45, 2.75) is 13.0 Å². The number of halogens is 1. The molecule has 92 valence electrons. The van der Waals surface area contributed by atoms with Gasteiger partial charge in [-0.05, 0) is 35.0 Å². The SMILES string of the molecule is CC(NCC(=O)Nc1ccccc1Br)C(N)=O. The van der Waals surface area contributed by atoms with E-state index < -0.39 is 11.9 Å². The van der Waals surface area contributed by atoms with Crippen molar-refractivity contribution in [3.63, 3.8) is 0 Å². The Morgan fingerprint density at radius 3 is 2.65 bits per heavy atom. The fourth-order valence-corrected chi connectivity index (χ4v) is 1.49. The van der Waals surface area contributed by atoms with Crippen LogP contribution in [0, 0.1) is 0 Å². The van der Waals surface area contributed by atoms with Crippen molar-refractivity contribution in [3.05, 3.63) is 28.7 Å². The van der Waals surface area contributed by atoms with Gasteiger partial charge >= 0.3 is 0 Å². The largest absolute Gasteiger partial charge is 0.368 e. The number of carbonyl (C=O) groups excluding carboxylic acids is 2. The molecule has 0 radical (unpaired) electrons. The highest BCUT2D eigenvalue weighted by Gasteiger charge is 2.10. The van der Waals surface area contributed by atoms with Gasteiger partial charge < -0.3 is 11.1 Å². The van der Waals surface area contributed by atoms with E-state index in [0.717, 1.165) is 4.47 Å². The fourth-order valence-electron chi connectivity index (χ4n) is 1.10. The van der Waals surface area contributed by atoms with Gasteiger partial charge in [-0.25, -0.2) is 0 Å². The first-order chi connectivity index (χ1) is 8.00. The van der Waals surface area contributed by atoms with E-state index in [0.29, 0.717) is 5.69 Å². The predicted octanol–water partition coefficient (Wildman–Crippen LogP) is 0.851. The molecule has 1 aromatic carbocycles. The number of hydrogen-bond acceptors (Lipinski definition) is 3. The zero-order chi connectivity index (χ0) is 12.8. The average Bonchev–Trinajstić information content (AvgIpc) is 2.29. The van der Waals surface area contributed by atoms with E-state index in [1.54, 1.807) is 13.0 Å². The van der Waals surface area contributed by atoms with Crippen LogP contribution in [0.4, 0.5) is 5.69 Å². The minimum Gasteiger partial charge on any atom is -0.368 e. The molecule has 0 bridgehead atoms. The van der Waals surface area contributed by atoms with Crippen molar-refractivity contribution >= 4 is 33.4 Å². The van der Waals surface area contributed by atoms with Crippen molar-refractivity contribution in [1.82, 2.24) is 5.32 Å². The van der Waals surface area contributed by atoms with Gasteiger partial charge in [-0.2, -0.15) is 0 Å². The lowest BCUT2D eigenvalue weighted by molar-refractivity contribution is -0.120. The van der Waals surface area contributed by atoms with Crippen molar-refractivity contribution < 1.29 is 9.59 Å². The molecule has 0 heterocycles. The summed E-state index contributed by atoms with van der Waals surface area (Å²) in [7, 11) is 0. The van der Waals surface area contributed by atoms with Gasteiger partial charge in [0, 0.05) is 4.47 Å². The second kappa shape index (κ2) is 6.36. The second-order valence-electron chi connectivity index (χ2n) is 3.53. The van der Waals surface area contributed by atoms with Crippen LogP contribution in [-0.4, -0.2) is 24.4 Å². The molecule has 0 saturated carbocycles. The molecule has 2 amide bonds. The first kappa shape index (κ1) is 13.7. The molecular weight excluding hydrogens is 286 g/mol. The van der Waals surface area contributed by atoms with Gasteiger partial charge in [0.1, 0.15) is 0 Å². The fraction of sp³-hybridized carbons (Fsp3) is 0.273. The number of carbonyl (C=O) groups is 2. The lowest BCUT2D eigenvalue weighted by atomic mass is 10.3. The highest BCUT2D eigenvalue weighted by atomic mass is 79.9. The Morgan fingerprint density at radius 2 is 2.06 bits per heavy atom. The molecule has 0 saturated heterocycles. The van der Waals surface area contributed by atoms with Crippen LogP contribution in [0.3, 0.4) is 0 Å². The summed E-state index contributed by atoms with van der Waals surface area (Å²) in [5.41, 5.74) is 5.74. The smallest absolute Gasteiger partial charge is 0.238 e. The number of anilines is 1. The van der Waals surface area contributed by atoms with Gasteiger partial charge in [0.25, 0.3) is 0 Å². The number of para-hydroxylation sites is 1. The predicted molar refractivity (Wildman–Crippen MR) is 69.4 cm³/mol. The summed E-state index contributed by atoms with van der Waals surface area (Å²) in [6, 6.07) is 6.75. The van der Waals surface area contributed by atoms with Crippen LogP contribution in [0.5, 0.6) is 0 Å². The molecule has 6 heteroatoms. The summed E-state index contributed by atoms with van der Waals surface area (Å²) >= 11 is 3.32. The van der Waals surface area contributed by atoms with Crippen molar-refractivity contribution in [2.24, 2.45) is 5.73 Å². The molecule has 1 unspecified atom stereocenters. The van der Waals surface area contributed by atoms with E-state index in [2.05, 4.69) is 26.6 Å². The van der Waals surface area contributed by atoms with Gasteiger partial charge in [0.15, 0.2) is 0 Å². The molecule has 4 N–H and O–H groups in total. The molecule has 0 aliphatic rings. The zero-order valence-corrected chi connectivity index (χ0v) is 11.0. The summed E-state index contributed by atoms with van der Waals surface area (Å²) in [6.07, 6.45) is 0. The Labute approximate surface area is 108 Å². The third kappa shape index (κ3) is 4.54. The molecular formula is C11H14BrN3O2. The molecule has 0 aliphatic carbocycles. The maximum Gasteiger partial charge on any atom is 0.238 e. The van der Waals surface area contributed by atoms with E-state index >= 15 is 0 Å². The third-order valence-electron chi connectivity index (χ3n) is 2.14. The topological polar surface area (TPSA) is 84.2 Å². The Bertz CT molecular complexity index is 423. The van der Waals surface area contributed by atoms with Crippen LogP contribution < -0.4 is 16.4 Å². The van der Waals surface area contributed by atoms with Crippen LogP contribution in [-0.2, 0) is 9.59 Å². The Balaban J connectivity index is 2.46. The summed E-state index contributed by atoms with van der Waals surface area (Å²) in [6.45, 7) is 1.64. The molecule has 17 heavy (non-hydrogen) atoms. The quantitative estimate of drug-likeness (QED) is 0.754. The van der Waals surface area contributed by atoms with E-state index in [4.69, 9.17) is 5.73 Å². The second-order valence-corrected chi connectivity index (χ2v) is 4.39. The lowest BCUT2D eigenvalue weighted by Gasteiger charge is -2.11. The van der Waals surface area contributed by atoms with Crippen molar-refractivity contribution in [2.75, 3.05) is 11.9 Å². The van der Waals surface area contributed by atoms with Gasteiger partial charge in [-0.1, -0.05) is 12.1 Å². The molecule has 0 aliphatic heterocycles. The van der Waals surface area contributed by atoms with Crippen LogP contribution >= 0.6 is 15.9 Å². The number of hydrogen-bond donors (Lipinski definition) is 3. The van der Waals surface area contributed by atoms with E-state index in [1.807, 2.05) is 18.2 Å². The molecule has 0 aromatic heterocycles. The monoisotopic (exact) mass is 299 g/mol. The minimum absolute atomic E-state index is 0.0332. The first-order valence-electron chi connectivity index (χ1n) is 5.08. The summed E-state index contributed by atoms with van der Waals surface area (Å²) < 4.78 is 0.802. The average molecular weight is 300 g/mol. The van der Waals surface area contributed by atoms with Crippen LogP contribution in [0.15, 0.2) is 28.7 Å². The van der Waals surface area contributed by atoms with Gasteiger partial charge in [-0.15, -0.1) is 0 Å². The van der Waals surface area contributed by atoms with Crippen molar-refractivity contribution in [3.8, 4) is 0 Å². The summed E-state index contributed by atoms with van der Waals surface area (Å²) in [5.74, 6) is -0.719. The van der Waals surface area contributed by atoms with Gasteiger partial charge in [0.05, 0.1) is 18.3 Å². The molecule has 0 fully saturated rings. The zero-order valence-electron chi connectivity index (χ0n) is 9.37. The lowest BCUT2D eigenvalue weighted by Crippen LogP contribution is -2.42. The summed E-state index contributed by atoms with van der Waals surface area (Å²) in [5, 5.41) is 5.42. The Kier molecular flexibility index (Phi) is 5.11. The van der Waals surface area contributed by atoms with Gasteiger partial charge in [0.2, 0.25) is 11.8 Å². The number of rotatable bonds is 5. The maximum atomic E-state index is 11.5. The van der Waals surface area contributed by atoms with Crippen LogP contribution in [0.2, 0.25) is 0 Å². The molecule has 1 atom stereocenters. The normalized spacial score (nSPS) is 11.9. The number of primary amides is 1.